The van der Waals surface area contributed by atoms with Crippen LogP contribution in [0.4, 0.5) is 10.3 Å². The van der Waals surface area contributed by atoms with Gasteiger partial charge in [-0.3, -0.25) is 0 Å². The lowest BCUT2D eigenvalue weighted by molar-refractivity contribution is 0.0641. The molecule has 2 N–H and O–H groups in total. The predicted octanol–water partition coefficient (Wildman–Crippen LogP) is 5.16. The van der Waals surface area contributed by atoms with Crippen LogP contribution in [0, 0.1) is 11.7 Å². The number of hydrogen-bond donors (Lipinski definition) is 2. The van der Waals surface area contributed by atoms with Crippen molar-refractivity contribution in [3.05, 3.63) is 35.0 Å². The molecule has 0 saturated heterocycles. The molecule has 0 bridgehead atoms. The van der Waals surface area contributed by atoms with Gasteiger partial charge in [-0.1, -0.05) is 25.4 Å². The number of aromatic nitrogens is 4. The second-order valence-corrected chi connectivity index (χ2v) is 8.86. The van der Waals surface area contributed by atoms with Gasteiger partial charge in [-0.05, 0) is 45.7 Å². The highest BCUT2D eigenvalue weighted by atomic mass is 35.5. The molecule has 3 aromatic rings. The van der Waals surface area contributed by atoms with Crippen molar-refractivity contribution in [3.8, 4) is 11.3 Å². The first-order valence-electron chi connectivity index (χ1n) is 9.70. The first-order valence-corrected chi connectivity index (χ1v) is 10.1. The van der Waals surface area contributed by atoms with Crippen LogP contribution in [0.25, 0.3) is 22.3 Å². The van der Waals surface area contributed by atoms with Gasteiger partial charge in [0.1, 0.15) is 16.9 Å². The molecule has 0 fully saturated rings. The van der Waals surface area contributed by atoms with Gasteiger partial charge in [0.15, 0.2) is 5.82 Å². The van der Waals surface area contributed by atoms with E-state index in [1.807, 2.05) is 18.4 Å². The second-order valence-electron chi connectivity index (χ2n) is 8.45. The molecular weight excluding hydrogens is 393 g/mol. The highest BCUT2D eigenvalue weighted by Gasteiger charge is 2.28. The molecular formula is C21H27ClFN5O. The Morgan fingerprint density at radius 1 is 1.21 bits per heavy atom. The van der Waals surface area contributed by atoms with E-state index in [9.17, 15) is 5.11 Å². The molecule has 8 heteroatoms. The number of aliphatic hydroxyl groups is 1. The lowest BCUT2D eigenvalue weighted by atomic mass is 10.1. The largest absolute Gasteiger partial charge is 0.383 e. The molecule has 6 nitrogen and oxygen atoms in total. The van der Waals surface area contributed by atoms with Crippen molar-refractivity contribution in [1.29, 1.82) is 0 Å². The van der Waals surface area contributed by atoms with Crippen molar-refractivity contribution in [1.82, 2.24) is 19.5 Å². The zero-order valence-corrected chi connectivity index (χ0v) is 18.3. The summed E-state index contributed by atoms with van der Waals surface area (Å²) in [5.41, 5.74) is 0.548. The third kappa shape index (κ3) is 4.36. The molecule has 0 aliphatic heterocycles. The summed E-state index contributed by atoms with van der Waals surface area (Å²) >= 11 is 6.34. The number of benzene rings is 1. The van der Waals surface area contributed by atoms with E-state index >= 15 is 4.39 Å². The van der Waals surface area contributed by atoms with Gasteiger partial charge in [0.2, 0.25) is 5.95 Å². The summed E-state index contributed by atoms with van der Waals surface area (Å²) in [5, 5.41) is 14.0. The van der Waals surface area contributed by atoms with E-state index in [4.69, 9.17) is 11.6 Å². The molecule has 0 spiro atoms. The molecule has 29 heavy (non-hydrogen) atoms. The summed E-state index contributed by atoms with van der Waals surface area (Å²) in [6.07, 6.45) is 1.51. The van der Waals surface area contributed by atoms with Crippen molar-refractivity contribution < 1.29 is 9.50 Å². The van der Waals surface area contributed by atoms with Crippen LogP contribution in [0.3, 0.4) is 0 Å². The zero-order valence-electron chi connectivity index (χ0n) is 17.6. The fraction of sp³-hybridized carbons (Fsp3) is 0.476. The standard InChI is InChI=1S/C21H27ClFN5O/c1-11(2)9-24-20-25-10-14(22)17(27-20)13-7-15(23)18-16(8-13)28(12(3)4)19(26-18)21(5,6)29/h7-8,10-12,29H,9H2,1-6H3,(H,24,25,27). The normalized spacial score (nSPS) is 12.4. The van der Waals surface area contributed by atoms with Crippen LogP contribution in [0.15, 0.2) is 18.3 Å². The predicted molar refractivity (Wildman–Crippen MR) is 115 cm³/mol. The van der Waals surface area contributed by atoms with Crippen LogP contribution < -0.4 is 5.32 Å². The van der Waals surface area contributed by atoms with Gasteiger partial charge < -0.3 is 15.0 Å². The number of hydrogen-bond acceptors (Lipinski definition) is 5. The molecule has 0 aliphatic rings. The quantitative estimate of drug-likeness (QED) is 0.577. The minimum atomic E-state index is -1.21. The van der Waals surface area contributed by atoms with E-state index in [2.05, 4.69) is 34.1 Å². The minimum absolute atomic E-state index is 0.0276. The average Bonchev–Trinajstić information content (AvgIpc) is 3.01. The van der Waals surface area contributed by atoms with E-state index in [0.29, 0.717) is 46.0 Å². The summed E-state index contributed by atoms with van der Waals surface area (Å²) in [4.78, 5) is 13.1. The summed E-state index contributed by atoms with van der Waals surface area (Å²) in [6, 6.07) is 3.15. The number of nitrogens with one attached hydrogen (secondary N) is 1. The number of halogens is 2. The lowest BCUT2D eigenvalue weighted by Crippen LogP contribution is -2.23. The lowest BCUT2D eigenvalue weighted by Gasteiger charge is -2.21. The van der Waals surface area contributed by atoms with Gasteiger partial charge in [0, 0.05) is 18.2 Å². The number of nitrogens with zero attached hydrogens (tertiary/aromatic N) is 4. The Balaban J connectivity index is 2.19. The molecule has 0 unspecified atom stereocenters. The Hall–Kier alpha value is -2.25. The van der Waals surface area contributed by atoms with Crippen molar-refractivity contribution in [2.45, 2.75) is 53.2 Å². The number of rotatable bonds is 6. The molecule has 3 rings (SSSR count). The summed E-state index contributed by atoms with van der Waals surface area (Å²) < 4.78 is 16.8. The Labute approximate surface area is 175 Å². The number of fused-ring (bicyclic) bond motifs is 1. The second kappa shape index (κ2) is 7.88. The Kier molecular flexibility index (Phi) is 5.83. The van der Waals surface area contributed by atoms with E-state index in [1.165, 1.54) is 12.3 Å². The zero-order chi connectivity index (χ0) is 21.5. The molecule has 0 atom stereocenters. The van der Waals surface area contributed by atoms with Crippen LogP contribution in [-0.4, -0.2) is 31.2 Å². The summed E-state index contributed by atoms with van der Waals surface area (Å²) in [7, 11) is 0. The molecule has 2 heterocycles. The minimum Gasteiger partial charge on any atom is -0.383 e. The van der Waals surface area contributed by atoms with Crippen LogP contribution in [0.1, 0.15) is 53.4 Å². The van der Waals surface area contributed by atoms with Gasteiger partial charge in [-0.25, -0.2) is 19.3 Å². The average molecular weight is 420 g/mol. The maximum absolute atomic E-state index is 15.0. The van der Waals surface area contributed by atoms with Crippen molar-refractivity contribution in [2.24, 2.45) is 5.92 Å². The first-order chi connectivity index (χ1) is 13.5. The van der Waals surface area contributed by atoms with Gasteiger partial charge in [-0.2, -0.15) is 0 Å². The molecule has 0 amide bonds. The fourth-order valence-electron chi connectivity index (χ4n) is 3.19. The molecule has 156 valence electrons. The molecule has 0 aliphatic carbocycles. The van der Waals surface area contributed by atoms with Gasteiger partial charge in [0.05, 0.1) is 22.4 Å². The Morgan fingerprint density at radius 2 is 1.90 bits per heavy atom. The highest BCUT2D eigenvalue weighted by molar-refractivity contribution is 6.33. The topological polar surface area (TPSA) is 75.9 Å². The summed E-state index contributed by atoms with van der Waals surface area (Å²) in [6.45, 7) is 12.1. The first kappa shape index (κ1) is 21.5. The van der Waals surface area contributed by atoms with Gasteiger partial charge in [0.25, 0.3) is 0 Å². The van der Waals surface area contributed by atoms with Crippen molar-refractivity contribution in [3.63, 3.8) is 0 Å². The van der Waals surface area contributed by atoms with Gasteiger partial charge >= 0.3 is 0 Å². The molecule has 0 radical (unpaired) electrons. The van der Waals surface area contributed by atoms with E-state index in [-0.39, 0.29) is 11.6 Å². The van der Waals surface area contributed by atoms with Crippen LogP contribution in [0.5, 0.6) is 0 Å². The molecule has 2 aromatic heterocycles. The van der Waals surface area contributed by atoms with Crippen LogP contribution >= 0.6 is 11.6 Å². The maximum atomic E-state index is 15.0. The van der Waals surface area contributed by atoms with Crippen molar-refractivity contribution >= 4 is 28.6 Å². The third-order valence-corrected chi connectivity index (χ3v) is 4.77. The van der Waals surface area contributed by atoms with E-state index in [1.54, 1.807) is 19.9 Å². The van der Waals surface area contributed by atoms with Crippen LogP contribution in [0.2, 0.25) is 5.02 Å². The molecule has 1 aromatic carbocycles. The third-order valence-electron chi connectivity index (χ3n) is 4.50. The monoisotopic (exact) mass is 419 g/mol. The maximum Gasteiger partial charge on any atom is 0.223 e. The number of imidazole rings is 1. The van der Waals surface area contributed by atoms with E-state index in [0.717, 1.165) is 0 Å². The van der Waals surface area contributed by atoms with E-state index < -0.39 is 11.4 Å². The Bertz CT molecular complexity index is 1040. The fourth-order valence-corrected chi connectivity index (χ4v) is 3.39. The summed E-state index contributed by atoms with van der Waals surface area (Å²) in [5.74, 6) is 0.778. The van der Waals surface area contributed by atoms with Crippen molar-refractivity contribution in [2.75, 3.05) is 11.9 Å². The highest BCUT2D eigenvalue weighted by Crippen LogP contribution is 2.34. The Morgan fingerprint density at radius 3 is 2.48 bits per heavy atom. The van der Waals surface area contributed by atoms with Crippen LogP contribution in [-0.2, 0) is 5.60 Å². The number of anilines is 1. The smallest absolute Gasteiger partial charge is 0.223 e. The SMILES string of the molecule is CC(C)CNc1ncc(Cl)c(-c2cc(F)c3nc(C(C)(C)O)n(C(C)C)c3c2)n1. The molecule has 0 saturated carbocycles. The van der Waals surface area contributed by atoms with Gasteiger partial charge in [-0.15, -0.1) is 0 Å².